The Morgan fingerprint density at radius 1 is 1.07 bits per heavy atom. The van der Waals surface area contributed by atoms with E-state index in [9.17, 15) is 19.2 Å². The number of carbonyl (C=O) groups excluding carboxylic acids is 4. The maximum atomic E-state index is 12.4. The van der Waals surface area contributed by atoms with Gasteiger partial charge in [0.15, 0.2) is 0 Å². The Morgan fingerprint density at radius 3 is 2.48 bits per heavy atom. The molecule has 1 aliphatic carbocycles. The van der Waals surface area contributed by atoms with Crippen LogP contribution in [0.3, 0.4) is 0 Å². The molecule has 29 heavy (non-hydrogen) atoms. The van der Waals surface area contributed by atoms with Crippen LogP contribution >= 0.6 is 0 Å². The van der Waals surface area contributed by atoms with E-state index in [4.69, 9.17) is 9.47 Å². The Balaban J connectivity index is 1.65. The summed E-state index contributed by atoms with van der Waals surface area (Å²) in [5.74, 6) is -0.916. The number of rotatable bonds is 11. The number of Topliss-reactive ketones (excluding diaryl/α,β-unsaturated/α-hetero) is 2. The van der Waals surface area contributed by atoms with Crippen molar-refractivity contribution >= 4 is 23.4 Å². The number of ether oxygens (including phenoxy) is 2. The lowest BCUT2D eigenvalue weighted by Gasteiger charge is -2.19. The third kappa shape index (κ3) is 8.56. The highest BCUT2D eigenvalue weighted by Crippen LogP contribution is 2.22. The van der Waals surface area contributed by atoms with Crippen LogP contribution in [0.25, 0.3) is 0 Å². The van der Waals surface area contributed by atoms with E-state index in [1.807, 2.05) is 24.3 Å². The van der Waals surface area contributed by atoms with E-state index in [-0.39, 0.29) is 43.1 Å². The molecule has 0 aromatic heterocycles. The maximum absolute atomic E-state index is 12.4. The first-order chi connectivity index (χ1) is 14.0. The summed E-state index contributed by atoms with van der Waals surface area (Å²) in [5, 5.41) is 2.76. The van der Waals surface area contributed by atoms with Crippen LogP contribution in [-0.2, 0) is 41.6 Å². The van der Waals surface area contributed by atoms with Crippen LogP contribution in [0.4, 0.5) is 0 Å². The molecule has 1 aromatic carbocycles. The van der Waals surface area contributed by atoms with Gasteiger partial charge in [-0.15, -0.1) is 0 Å². The van der Waals surface area contributed by atoms with Crippen molar-refractivity contribution in [3.05, 3.63) is 35.4 Å². The van der Waals surface area contributed by atoms with Gasteiger partial charge in [0, 0.05) is 32.7 Å². The van der Waals surface area contributed by atoms with Gasteiger partial charge in [-0.3, -0.25) is 19.2 Å². The smallest absolute Gasteiger partial charge is 0.302 e. The van der Waals surface area contributed by atoms with Crippen LogP contribution in [0.15, 0.2) is 24.3 Å². The minimum atomic E-state index is -0.434. The molecule has 1 aromatic rings. The predicted molar refractivity (Wildman–Crippen MR) is 106 cm³/mol. The molecular weight excluding hydrogens is 374 g/mol. The fraction of sp³-hybridized carbons (Fsp3) is 0.545. The van der Waals surface area contributed by atoms with Gasteiger partial charge in [0.05, 0.1) is 19.1 Å². The largest absolute Gasteiger partial charge is 0.466 e. The zero-order valence-corrected chi connectivity index (χ0v) is 16.9. The minimum absolute atomic E-state index is 0.00149. The van der Waals surface area contributed by atoms with Gasteiger partial charge in [0.25, 0.3) is 0 Å². The van der Waals surface area contributed by atoms with Crippen molar-refractivity contribution < 1.29 is 28.7 Å². The maximum Gasteiger partial charge on any atom is 0.302 e. The quantitative estimate of drug-likeness (QED) is 0.345. The zero-order valence-electron chi connectivity index (χ0n) is 16.9. The Labute approximate surface area is 171 Å². The van der Waals surface area contributed by atoms with Crippen molar-refractivity contribution in [2.45, 2.75) is 52.0 Å². The van der Waals surface area contributed by atoms with Gasteiger partial charge in [-0.05, 0) is 24.0 Å². The van der Waals surface area contributed by atoms with Crippen LogP contribution < -0.4 is 5.32 Å². The molecule has 0 bridgehead atoms. The molecule has 1 unspecified atom stereocenters. The molecule has 1 saturated carbocycles. The van der Waals surface area contributed by atoms with E-state index >= 15 is 0 Å². The van der Waals surface area contributed by atoms with Gasteiger partial charge in [0.2, 0.25) is 5.91 Å². The molecule has 1 fully saturated rings. The second-order valence-electron chi connectivity index (χ2n) is 7.25. The van der Waals surface area contributed by atoms with E-state index in [0.29, 0.717) is 32.4 Å². The lowest BCUT2D eigenvalue weighted by Crippen LogP contribution is -2.28. The molecule has 1 aliphatic rings. The number of ketones is 2. The Kier molecular flexibility index (Phi) is 9.50. The molecule has 1 N–H and O–H groups in total. The summed E-state index contributed by atoms with van der Waals surface area (Å²) in [6.07, 6.45) is 3.83. The van der Waals surface area contributed by atoms with E-state index in [0.717, 1.165) is 24.0 Å². The molecule has 2 rings (SSSR count). The zero-order chi connectivity index (χ0) is 21.1. The van der Waals surface area contributed by atoms with Gasteiger partial charge in [0.1, 0.15) is 18.2 Å². The molecule has 0 spiro atoms. The van der Waals surface area contributed by atoms with Crippen LogP contribution in [0, 0.1) is 5.92 Å². The number of carbonyl (C=O) groups is 4. The highest BCUT2D eigenvalue weighted by atomic mass is 16.5. The van der Waals surface area contributed by atoms with Crippen molar-refractivity contribution in [1.29, 1.82) is 0 Å². The van der Waals surface area contributed by atoms with E-state index < -0.39 is 5.92 Å². The summed E-state index contributed by atoms with van der Waals surface area (Å²) in [6.45, 7) is 2.27. The topological polar surface area (TPSA) is 98.8 Å². The molecule has 0 aliphatic heterocycles. The first-order valence-corrected chi connectivity index (χ1v) is 10.1. The highest BCUT2D eigenvalue weighted by molar-refractivity contribution is 6.03. The van der Waals surface area contributed by atoms with Gasteiger partial charge in [-0.1, -0.05) is 30.7 Å². The number of nitrogens with one attached hydrogen (secondary N) is 1. The molecule has 158 valence electrons. The SMILES string of the molecule is CC(=O)OCCCOCC(=O)NCc1ccc(CC(=O)C2CCCCC2=O)cc1. The van der Waals surface area contributed by atoms with Crippen molar-refractivity contribution in [2.75, 3.05) is 19.8 Å². The fourth-order valence-corrected chi connectivity index (χ4v) is 3.22. The molecule has 1 amide bonds. The summed E-state index contributed by atoms with van der Waals surface area (Å²) in [4.78, 5) is 46.6. The summed E-state index contributed by atoms with van der Waals surface area (Å²) in [6, 6.07) is 7.45. The van der Waals surface area contributed by atoms with Gasteiger partial charge in [-0.2, -0.15) is 0 Å². The number of hydrogen-bond acceptors (Lipinski definition) is 6. The first kappa shape index (κ1) is 22.7. The lowest BCUT2D eigenvalue weighted by atomic mass is 9.83. The first-order valence-electron chi connectivity index (χ1n) is 10.1. The van der Waals surface area contributed by atoms with E-state index in [1.165, 1.54) is 6.92 Å². The van der Waals surface area contributed by atoms with Crippen LogP contribution in [0.5, 0.6) is 0 Å². The highest BCUT2D eigenvalue weighted by Gasteiger charge is 2.28. The molecule has 1 atom stereocenters. The number of hydrogen-bond donors (Lipinski definition) is 1. The molecule has 0 radical (unpaired) electrons. The third-order valence-electron chi connectivity index (χ3n) is 4.81. The van der Waals surface area contributed by atoms with E-state index in [2.05, 4.69) is 5.32 Å². The average Bonchev–Trinajstić information content (AvgIpc) is 2.70. The number of benzene rings is 1. The second kappa shape index (κ2) is 12.1. The Morgan fingerprint density at radius 2 is 1.79 bits per heavy atom. The summed E-state index contributed by atoms with van der Waals surface area (Å²) < 4.78 is 10.00. The normalized spacial score (nSPS) is 16.3. The average molecular weight is 403 g/mol. The second-order valence-corrected chi connectivity index (χ2v) is 7.25. The summed E-state index contributed by atoms with van der Waals surface area (Å²) in [7, 11) is 0. The molecular formula is C22H29NO6. The number of esters is 1. The Hall–Kier alpha value is -2.54. The van der Waals surface area contributed by atoms with Crippen molar-refractivity contribution in [2.24, 2.45) is 5.92 Å². The predicted octanol–water partition coefficient (Wildman–Crippen LogP) is 2.14. The van der Waals surface area contributed by atoms with Crippen LogP contribution in [0.1, 0.15) is 50.2 Å². The van der Waals surface area contributed by atoms with Gasteiger partial charge in [-0.25, -0.2) is 0 Å². The minimum Gasteiger partial charge on any atom is -0.466 e. The van der Waals surface area contributed by atoms with Crippen molar-refractivity contribution in [3.63, 3.8) is 0 Å². The van der Waals surface area contributed by atoms with Gasteiger partial charge >= 0.3 is 5.97 Å². The summed E-state index contributed by atoms with van der Waals surface area (Å²) in [5.41, 5.74) is 1.79. The molecule has 7 nitrogen and oxygen atoms in total. The lowest BCUT2D eigenvalue weighted by molar-refractivity contribution is -0.141. The Bertz CT molecular complexity index is 713. The van der Waals surface area contributed by atoms with Crippen molar-refractivity contribution in [1.82, 2.24) is 5.32 Å². The van der Waals surface area contributed by atoms with E-state index in [1.54, 1.807) is 0 Å². The molecule has 0 heterocycles. The number of amides is 1. The monoisotopic (exact) mass is 403 g/mol. The van der Waals surface area contributed by atoms with Crippen LogP contribution in [-0.4, -0.2) is 43.3 Å². The van der Waals surface area contributed by atoms with Crippen LogP contribution in [0.2, 0.25) is 0 Å². The molecule has 7 heteroatoms. The fourth-order valence-electron chi connectivity index (χ4n) is 3.22. The standard InChI is InChI=1S/C22H29NO6/c1-16(24)29-12-4-11-28-15-22(27)23-14-18-9-7-17(8-10-18)13-21(26)19-5-2-3-6-20(19)25/h7-10,19H,2-6,11-15H2,1H3,(H,23,27). The summed E-state index contributed by atoms with van der Waals surface area (Å²) >= 11 is 0. The van der Waals surface area contributed by atoms with Crippen molar-refractivity contribution in [3.8, 4) is 0 Å². The van der Waals surface area contributed by atoms with Gasteiger partial charge < -0.3 is 14.8 Å². The molecule has 0 saturated heterocycles. The third-order valence-corrected chi connectivity index (χ3v) is 4.81.